The van der Waals surface area contributed by atoms with E-state index in [4.69, 9.17) is 0 Å². The lowest BCUT2D eigenvalue weighted by Crippen LogP contribution is -2.14. The van der Waals surface area contributed by atoms with Gasteiger partial charge in [-0.15, -0.1) is 0 Å². The number of aromatic nitrogens is 2. The first-order chi connectivity index (χ1) is 13.7. The van der Waals surface area contributed by atoms with Crippen LogP contribution in [0.25, 0.3) is 10.9 Å². The highest BCUT2D eigenvalue weighted by molar-refractivity contribution is 6.03. The fourth-order valence-corrected chi connectivity index (χ4v) is 3.18. The topological polar surface area (TPSA) is 69.8 Å². The molecule has 28 heavy (non-hydrogen) atoms. The van der Waals surface area contributed by atoms with Crippen molar-refractivity contribution in [3.05, 3.63) is 89.9 Å². The average Bonchev–Trinajstić information content (AvgIpc) is 3.13. The SMILES string of the molecule is Cc1ccc(NC(=O)c2cc(NCCc3c[nH]c4ccccc34)ccn2)cc1. The number of carbonyl (C=O) groups excluding carboxylic acids is 1. The van der Waals surface area contributed by atoms with Crippen LogP contribution in [0, 0.1) is 6.92 Å². The van der Waals surface area contributed by atoms with Crippen LogP contribution in [0.2, 0.25) is 0 Å². The van der Waals surface area contributed by atoms with Crippen molar-refractivity contribution in [1.82, 2.24) is 9.97 Å². The normalized spacial score (nSPS) is 10.8. The molecule has 2 aromatic carbocycles. The number of aryl methyl sites for hydroxylation is 1. The number of nitrogens with zero attached hydrogens (tertiary/aromatic N) is 1. The number of fused-ring (bicyclic) bond motifs is 1. The Bertz CT molecular complexity index is 1100. The zero-order valence-electron chi connectivity index (χ0n) is 15.7. The van der Waals surface area contributed by atoms with Crippen LogP contribution < -0.4 is 10.6 Å². The molecule has 0 saturated carbocycles. The second kappa shape index (κ2) is 7.96. The standard InChI is InChI=1S/C23H22N4O/c1-16-6-8-18(9-7-16)27-23(28)22-14-19(11-13-25-22)24-12-10-17-15-26-21-5-3-2-4-20(17)21/h2-9,11,13-15,26H,10,12H2,1H3,(H,24,25)(H,27,28). The molecule has 1 amide bonds. The highest BCUT2D eigenvalue weighted by atomic mass is 16.1. The van der Waals surface area contributed by atoms with Gasteiger partial charge in [-0.05, 0) is 49.2 Å². The number of rotatable bonds is 6. The number of pyridine rings is 1. The molecule has 0 aliphatic heterocycles. The first-order valence-corrected chi connectivity index (χ1v) is 9.32. The number of benzene rings is 2. The third-order valence-electron chi connectivity index (χ3n) is 4.70. The van der Waals surface area contributed by atoms with Crippen molar-refractivity contribution >= 4 is 28.2 Å². The van der Waals surface area contributed by atoms with Crippen molar-refractivity contribution in [2.75, 3.05) is 17.2 Å². The molecule has 2 heterocycles. The van der Waals surface area contributed by atoms with Crippen LogP contribution in [0.5, 0.6) is 0 Å². The van der Waals surface area contributed by atoms with Crippen LogP contribution in [0.3, 0.4) is 0 Å². The van der Waals surface area contributed by atoms with Gasteiger partial charge in [0.2, 0.25) is 0 Å². The summed E-state index contributed by atoms with van der Waals surface area (Å²) in [4.78, 5) is 19.9. The molecule has 4 aromatic rings. The van der Waals surface area contributed by atoms with Crippen LogP contribution in [-0.2, 0) is 6.42 Å². The van der Waals surface area contributed by atoms with Crippen LogP contribution >= 0.6 is 0 Å². The minimum Gasteiger partial charge on any atom is -0.385 e. The Labute approximate surface area is 163 Å². The van der Waals surface area contributed by atoms with Gasteiger partial charge in [-0.1, -0.05) is 35.9 Å². The van der Waals surface area contributed by atoms with Crippen LogP contribution in [-0.4, -0.2) is 22.4 Å². The van der Waals surface area contributed by atoms with E-state index in [1.165, 1.54) is 10.9 Å². The number of H-pyrrole nitrogens is 1. The second-order valence-electron chi connectivity index (χ2n) is 6.79. The Morgan fingerprint density at radius 3 is 2.71 bits per heavy atom. The molecule has 5 heteroatoms. The summed E-state index contributed by atoms with van der Waals surface area (Å²) in [7, 11) is 0. The fourth-order valence-electron chi connectivity index (χ4n) is 3.18. The van der Waals surface area contributed by atoms with Crippen molar-refractivity contribution in [3.63, 3.8) is 0 Å². The summed E-state index contributed by atoms with van der Waals surface area (Å²) < 4.78 is 0. The molecule has 0 spiro atoms. The van der Waals surface area contributed by atoms with Crippen molar-refractivity contribution in [2.24, 2.45) is 0 Å². The fraction of sp³-hybridized carbons (Fsp3) is 0.130. The molecule has 4 rings (SSSR count). The van der Waals surface area contributed by atoms with Gasteiger partial charge < -0.3 is 15.6 Å². The maximum absolute atomic E-state index is 12.5. The predicted molar refractivity (Wildman–Crippen MR) is 114 cm³/mol. The molecule has 0 radical (unpaired) electrons. The second-order valence-corrected chi connectivity index (χ2v) is 6.79. The molecule has 0 fully saturated rings. The van der Waals surface area contributed by atoms with Gasteiger partial charge in [0.25, 0.3) is 5.91 Å². The average molecular weight is 370 g/mol. The van der Waals surface area contributed by atoms with Gasteiger partial charge in [-0.25, -0.2) is 0 Å². The number of aromatic amines is 1. The summed E-state index contributed by atoms with van der Waals surface area (Å²) in [6.07, 6.45) is 4.59. The zero-order chi connectivity index (χ0) is 19.3. The van der Waals surface area contributed by atoms with Crippen molar-refractivity contribution in [3.8, 4) is 0 Å². The number of nitrogens with one attached hydrogen (secondary N) is 3. The molecular formula is C23H22N4O. The third-order valence-corrected chi connectivity index (χ3v) is 4.70. The van der Waals surface area contributed by atoms with E-state index < -0.39 is 0 Å². The van der Waals surface area contributed by atoms with E-state index in [-0.39, 0.29) is 5.91 Å². The van der Waals surface area contributed by atoms with E-state index >= 15 is 0 Å². The van der Waals surface area contributed by atoms with Crippen molar-refractivity contribution in [2.45, 2.75) is 13.3 Å². The molecule has 2 aromatic heterocycles. The Balaban J connectivity index is 1.38. The molecule has 140 valence electrons. The van der Waals surface area contributed by atoms with E-state index in [2.05, 4.69) is 45.0 Å². The van der Waals surface area contributed by atoms with Crippen LogP contribution in [0.4, 0.5) is 11.4 Å². The van der Waals surface area contributed by atoms with Gasteiger partial charge in [-0.2, -0.15) is 0 Å². The minimum absolute atomic E-state index is 0.218. The molecule has 5 nitrogen and oxygen atoms in total. The van der Waals surface area contributed by atoms with E-state index in [0.717, 1.165) is 35.4 Å². The van der Waals surface area contributed by atoms with E-state index in [1.54, 1.807) is 12.3 Å². The molecule has 0 unspecified atom stereocenters. The van der Waals surface area contributed by atoms with Crippen LogP contribution in [0.15, 0.2) is 73.1 Å². The summed E-state index contributed by atoms with van der Waals surface area (Å²) in [6, 6.07) is 19.6. The monoisotopic (exact) mass is 370 g/mol. The smallest absolute Gasteiger partial charge is 0.274 e. The maximum atomic E-state index is 12.5. The highest BCUT2D eigenvalue weighted by Gasteiger charge is 2.09. The predicted octanol–water partition coefficient (Wildman–Crippen LogP) is 4.78. The number of carbonyl (C=O) groups is 1. The molecule has 0 saturated heterocycles. The lowest BCUT2D eigenvalue weighted by molar-refractivity contribution is 0.102. The Morgan fingerprint density at radius 2 is 1.86 bits per heavy atom. The quantitative estimate of drug-likeness (QED) is 0.457. The van der Waals surface area contributed by atoms with Crippen LogP contribution in [0.1, 0.15) is 21.6 Å². The third kappa shape index (κ3) is 4.04. The summed E-state index contributed by atoms with van der Waals surface area (Å²) in [5.41, 5.74) is 5.60. The van der Waals surface area contributed by atoms with Gasteiger partial charge >= 0.3 is 0 Å². The molecule has 0 aliphatic carbocycles. The maximum Gasteiger partial charge on any atom is 0.274 e. The Morgan fingerprint density at radius 1 is 1.04 bits per heavy atom. The van der Waals surface area contributed by atoms with Gasteiger partial charge in [0.15, 0.2) is 0 Å². The molecule has 0 atom stereocenters. The number of anilines is 2. The molecule has 0 bridgehead atoms. The summed E-state index contributed by atoms with van der Waals surface area (Å²) in [5.74, 6) is -0.218. The number of amides is 1. The summed E-state index contributed by atoms with van der Waals surface area (Å²) in [6.45, 7) is 2.78. The summed E-state index contributed by atoms with van der Waals surface area (Å²) in [5, 5.41) is 7.51. The first-order valence-electron chi connectivity index (χ1n) is 9.32. The van der Waals surface area contributed by atoms with Gasteiger partial charge in [0, 0.05) is 41.2 Å². The zero-order valence-corrected chi connectivity index (χ0v) is 15.7. The molecule has 0 aliphatic rings. The Hall–Kier alpha value is -3.60. The lowest BCUT2D eigenvalue weighted by Gasteiger charge is -2.09. The van der Waals surface area contributed by atoms with E-state index in [0.29, 0.717) is 5.69 Å². The van der Waals surface area contributed by atoms with E-state index in [9.17, 15) is 4.79 Å². The largest absolute Gasteiger partial charge is 0.385 e. The highest BCUT2D eigenvalue weighted by Crippen LogP contribution is 2.18. The van der Waals surface area contributed by atoms with Gasteiger partial charge in [-0.3, -0.25) is 9.78 Å². The number of hydrogen-bond donors (Lipinski definition) is 3. The number of hydrogen-bond acceptors (Lipinski definition) is 3. The van der Waals surface area contributed by atoms with E-state index in [1.807, 2.05) is 43.3 Å². The van der Waals surface area contributed by atoms with Crippen molar-refractivity contribution in [1.29, 1.82) is 0 Å². The minimum atomic E-state index is -0.218. The van der Waals surface area contributed by atoms with Gasteiger partial charge in [0.05, 0.1) is 0 Å². The Kier molecular flexibility index (Phi) is 5.06. The molecule has 3 N–H and O–H groups in total. The molecular weight excluding hydrogens is 348 g/mol. The van der Waals surface area contributed by atoms with Crippen molar-refractivity contribution < 1.29 is 4.79 Å². The lowest BCUT2D eigenvalue weighted by atomic mass is 10.1. The summed E-state index contributed by atoms with van der Waals surface area (Å²) >= 11 is 0. The van der Waals surface area contributed by atoms with Gasteiger partial charge in [0.1, 0.15) is 5.69 Å². The first kappa shape index (κ1) is 17.8. The number of para-hydroxylation sites is 1.